The van der Waals surface area contributed by atoms with Crippen LogP contribution in [0.15, 0.2) is 0 Å². The molecule has 0 fully saturated rings. The van der Waals surface area contributed by atoms with Crippen molar-refractivity contribution < 1.29 is 5.11 Å². The maximum atomic E-state index is 8.89. The summed E-state index contributed by atoms with van der Waals surface area (Å²) in [5.41, 5.74) is 7.04. The van der Waals surface area contributed by atoms with E-state index >= 15 is 0 Å². The number of hydrogen-bond acceptors (Lipinski definition) is 5. The smallest absolute Gasteiger partial charge is 0.224 e. The van der Waals surface area contributed by atoms with Crippen LogP contribution in [0.25, 0.3) is 0 Å². The van der Waals surface area contributed by atoms with Crippen LogP contribution in [0.5, 0.6) is 0 Å². The Morgan fingerprint density at radius 2 is 2.18 bits per heavy atom. The Morgan fingerprint density at radius 1 is 1.47 bits per heavy atom. The fourth-order valence-electron chi connectivity index (χ4n) is 1.43. The molecular formula is C11H19ClN4O. The Labute approximate surface area is 106 Å². The molecule has 0 aromatic carbocycles. The highest BCUT2D eigenvalue weighted by molar-refractivity contribution is 6.28. The van der Waals surface area contributed by atoms with E-state index in [0.29, 0.717) is 23.1 Å². The molecule has 0 aliphatic heterocycles. The molecule has 96 valence electrons. The third kappa shape index (κ3) is 4.36. The van der Waals surface area contributed by atoms with E-state index < -0.39 is 0 Å². The van der Waals surface area contributed by atoms with E-state index in [2.05, 4.69) is 15.3 Å². The second-order valence-electron chi connectivity index (χ2n) is 4.20. The number of aliphatic hydroxyl groups excluding tert-OH is 1. The quantitative estimate of drug-likeness (QED) is 0.536. The molecule has 1 unspecified atom stereocenters. The number of rotatable bonds is 6. The molecule has 1 aromatic heterocycles. The zero-order valence-electron chi connectivity index (χ0n) is 10.2. The van der Waals surface area contributed by atoms with Crippen molar-refractivity contribution in [2.45, 2.75) is 26.7 Å². The Balaban J connectivity index is 2.47. The predicted octanol–water partition coefficient (Wildman–Crippen LogP) is 1.84. The van der Waals surface area contributed by atoms with E-state index in [0.717, 1.165) is 19.4 Å². The van der Waals surface area contributed by atoms with Crippen molar-refractivity contribution in [3.05, 3.63) is 11.0 Å². The average Bonchev–Trinajstić information content (AvgIpc) is 2.30. The number of aryl methyl sites for hydroxylation is 1. The maximum absolute atomic E-state index is 8.89. The fourth-order valence-corrected chi connectivity index (χ4v) is 1.64. The summed E-state index contributed by atoms with van der Waals surface area (Å²) in [6.07, 6.45) is 1.91. The first-order valence-corrected chi connectivity index (χ1v) is 6.06. The Morgan fingerprint density at radius 3 is 2.82 bits per heavy atom. The van der Waals surface area contributed by atoms with Crippen LogP contribution >= 0.6 is 11.6 Å². The third-order valence-corrected chi connectivity index (χ3v) is 2.76. The number of nitrogens with one attached hydrogen (secondary N) is 1. The van der Waals surface area contributed by atoms with Gasteiger partial charge in [-0.2, -0.15) is 4.98 Å². The average molecular weight is 259 g/mol. The molecule has 0 amide bonds. The standard InChI is InChI=1S/C11H19ClN4O/c1-7(6-17)4-3-5-14-10-9(13)8(2)15-11(12)16-10/h7,17H,3-6,13H2,1-2H3,(H,14,15,16). The van der Waals surface area contributed by atoms with Gasteiger partial charge >= 0.3 is 0 Å². The minimum Gasteiger partial charge on any atom is -0.396 e. The summed E-state index contributed by atoms with van der Waals surface area (Å²) in [5, 5.41) is 12.2. The zero-order valence-corrected chi connectivity index (χ0v) is 11.0. The first kappa shape index (κ1) is 14.0. The summed E-state index contributed by atoms with van der Waals surface area (Å²) in [6.45, 7) is 4.78. The zero-order chi connectivity index (χ0) is 12.8. The van der Waals surface area contributed by atoms with Crippen LogP contribution in [-0.2, 0) is 0 Å². The van der Waals surface area contributed by atoms with E-state index in [1.54, 1.807) is 6.92 Å². The minimum absolute atomic E-state index is 0.197. The molecule has 0 bridgehead atoms. The van der Waals surface area contributed by atoms with Gasteiger partial charge < -0.3 is 16.2 Å². The Bertz CT molecular complexity index is 373. The summed E-state index contributed by atoms with van der Waals surface area (Å²) in [4.78, 5) is 8.00. The van der Waals surface area contributed by atoms with Crippen molar-refractivity contribution >= 4 is 23.1 Å². The lowest BCUT2D eigenvalue weighted by Gasteiger charge is -2.11. The molecule has 1 atom stereocenters. The lowest BCUT2D eigenvalue weighted by molar-refractivity contribution is 0.229. The predicted molar refractivity (Wildman–Crippen MR) is 70.2 cm³/mol. The lowest BCUT2D eigenvalue weighted by atomic mass is 10.1. The number of halogens is 1. The van der Waals surface area contributed by atoms with Crippen LogP contribution in [-0.4, -0.2) is 28.2 Å². The summed E-state index contributed by atoms with van der Waals surface area (Å²) in [5.74, 6) is 0.907. The van der Waals surface area contributed by atoms with Crippen molar-refractivity contribution in [3.63, 3.8) is 0 Å². The number of nitrogens with two attached hydrogens (primary N) is 1. The van der Waals surface area contributed by atoms with Gasteiger partial charge in [-0.05, 0) is 37.3 Å². The number of anilines is 2. The van der Waals surface area contributed by atoms with Crippen LogP contribution in [0.3, 0.4) is 0 Å². The minimum atomic E-state index is 0.197. The normalized spacial score (nSPS) is 12.5. The van der Waals surface area contributed by atoms with Gasteiger partial charge in [-0.1, -0.05) is 6.92 Å². The van der Waals surface area contributed by atoms with Gasteiger partial charge in [-0.15, -0.1) is 0 Å². The summed E-state index contributed by atoms with van der Waals surface area (Å²) >= 11 is 5.76. The van der Waals surface area contributed by atoms with Crippen molar-refractivity contribution in [3.8, 4) is 0 Å². The van der Waals surface area contributed by atoms with E-state index in [4.69, 9.17) is 22.4 Å². The van der Waals surface area contributed by atoms with Crippen molar-refractivity contribution in [2.75, 3.05) is 24.2 Å². The number of aromatic nitrogens is 2. The second-order valence-corrected chi connectivity index (χ2v) is 4.54. The number of aliphatic hydroxyl groups is 1. The topological polar surface area (TPSA) is 84.1 Å². The summed E-state index contributed by atoms with van der Waals surface area (Å²) in [6, 6.07) is 0. The molecule has 0 radical (unpaired) electrons. The first-order valence-electron chi connectivity index (χ1n) is 5.69. The first-order chi connectivity index (χ1) is 8.04. The van der Waals surface area contributed by atoms with Crippen LogP contribution in [0.2, 0.25) is 5.28 Å². The Kier molecular flexibility index (Phi) is 5.44. The van der Waals surface area contributed by atoms with Gasteiger partial charge in [0.25, 0.3) is 0 Å². The highest BCUT2D eigenvalue weighted by Crippen LogP contribution is 2.20. The SMILES string of the molecule is Cc1nc(Cl)nc(NCCCC(C)CO)c1N. The molecule has 5 nitrogen and oxygen atoms in total. The summed E-state index contributed by atoms with van der Waals surface area (Å²) < 4.78 is 0. The van der Waals surface area contributed by atoms with Crippen LogP contribution in [0.4, 0.5) is 11.5 Å². The molecule has 1 aromatic rings. The molecule has 17 heavy (non-hydrogen) atoms. The molecular weight excluding hydrogens is 240 g/mol. The largest absolute Gasteiger partial charge is 0.396 e. The van der Waals surface area contributed by atoms with E-state index in [-0.39, 0.29) is 11.9 Å². The molecule has 0 spiro atoms. The highest BCUT2D eigenvalue weighted by atomic mass is 35.5. The maximum Gasteiger partial charge on any atom is 0.224 e. The van der Waals surface area contributed by atoms with Gasteiger partial charge in [-0.25, -0.2) is 4.98 Å². The van der Waals surface area contributed by atoms with Crippen LogP contribution in [0.1, 0.15) is 25.5 Å². The number of hydrogen-bond donors (Lipinski definition) is 3. The van der Waals surface area contributed by atoms with Gasteiger partial charge in [0.05, 0.1) is 11.4 Å². The highest BCUT2D eigenvalue weighted by Gasteiger charge is 2.07. The lowest BCUT2D eigenvalue weighted by Crippen LogP contribution is -2.10. The third-order valence-electron chi connectivity index (χ3n) is 2.59. The van der Waals surface area contributed by atoms with Crippen molar-refractivity contribution in [1.82, 2.24) is 9.97 Å². The van der Waals surface area contributed by atoms with Crippen LogP contribution < -0.4 is 11.1 Å². The number of nitrogens with zero attached hydrogens (tertiary/aromatic N) is 2. The second kappa shape index (κ2) is 6.61. The van der Waals surface area contributed by atoms with E-state index in [9.17, 15) is 0 Å². The van der Waals surface area contributed by atoms with Gasteiger partial charge in [0.1, 0.15) is 0 Å². The molecule has 1 heterocycles. The van der Waals surface area contributed by atoms with Gasteiger partial charge in [0.2, 0.25) is 5.28 Å². The molecule has 0 saturated carbocycles. The molecule has 0 aliphatic carbocycles. The summed E-state index contributed by atoms with van der Waals surface area (Å²) in [7, 11) is 0. The van der Waals surface area contributed by atoms with Gasteiger partial charge in [0.15, 0.2) is 5.82 Å². The fraction of sp³-hybridized carbons (Fsp3) is 0.636. The van der Waals surface area contributed by atoms with Crippen LogP contribution in [0, 0.1) is 12.8 Å². The number of nitrogen functional groups attached to an aromatic ring is 1. The van der Waals surface area contributed by atoms with Crippen molar-refractivity contribution in [1.29, 1.82) is 0 Å². The van der Waals surface area contributed by atoms with Gasteiger partial charge in [0, 0.05) is 13.2 Å². The monoisotopic (exact) mass is 258 g/mol. The molecule has 4 N–H and O–H groups in total. The van der Waals surface area contributed by atoms with E-state index in [1.165, 1.54) is 0 Å². The Hall–Kier alpha value is -1.07. The van der Waals surface area contributed by atoms with Crippen molar-refractivity contribution in [2.24, 2.45) is 5.92 Å². The van der Waals surface area contributed by atoms with E-state index in [1.807, 2.05) is 6.92 Å². The van der Waals surface area contributed by atoms with Gasteiger partial charge in [-0.3, -0.25) is 0 Å². The molecule has 1 rings (SSSR count). The molecule has 0 aliphatic rings. The molecule has 6 heteroatoms. The molecule has 0 saturated heterocycles.